The Morgan fingerprint density at radius 2 is 2.02 bits per heavy atom. The molecule has 1 unspecified atom stereocenters. The lowest BCUT2D eigenvalue weighted by atomic mass is 9.83. The van der Waals surface area contributed by atoms with Gasteiger partial charge in [0, 0.05) is 32.9 Å². The number of esters is 1. The average Bonchev–Trinajstić information content (AvgIpc) is 3.69. The third-order valence-corrected chi connectivity index (χ3v) is 9.53. The number of alkyl carbamates (subject to hydrolysis) is 1. The molecule has 9 atom stereocenters. The van der Waals surface area contributed by atoms with E-state index in [1.54, 1.807) is 45.0 Å². The molecule has 13 heteroatoms. The first-order valence-electron chi connectivity index (χ1n) is 15.1. The molecule has 0 radical (unpaired) electrons. The molecule has 4 N–H and O–H groups in total. The number of epoxide rings is 1. The molecule has 3 heterocycles. The summed E-state index contributed by atoms with van der Waals surface area (Å²) in [4.78, 5) is 27.3. The first kappa shape index (κ1) is 35.0. The van der Waals surface area contributed by atoms with Crippen LogP contribution in [0.4, 0.5) is 10.5 Å². The summed E-state index contributed by atoms with van der Waals surface area (Å²) in [5.41, 5.74) is -0.408. The topological polar surface area (TPSA) is 151 Å². The van der Waals surface area contributed by atoms with Crippen LogP contribution in [0.15, 0.2) is 35.9 Å². The Kier molecular flexibility index (Phi) is 10.8. The number of rotatable bonds is 5. The molecule has 0 aliphatic carbocycles. The van der Waals surface area contributed by atoms with E-state index in [0.29, 0.717) is 22.9 Å². The maximum atomic E-state index is 13.0. The smallest absolute Gasteiger partial charge is 0.409 e. The number of fused-ring (bicyclic) bond motifs is 5. The van der Waals surface area contributed by atoms with Crippen LogP contribution in [0.1, 0.15) is 46.1 Å². The number of nitrogens with one attached hydrogen (secondary N) is 2. The molecule has 0 spiro atoms. The first-order chi connectivity index (χ1) is 21.2. The van der Waals surface area contributed by atoms with Crippen molar-refractivity contribution in [2.24, 2.45) is 5.92 Å². The Morgan fingerprint density at radius 1 is 1.31 bits per heavy atom. The SMILES string of the molecule is CN[C@@H](C)C(=O)O[C@H]1CC(O)N(C)c2cc(cc(OC)c2Cl)C/C(C)=C/C=C/[C@@H](OC)[C@@]2(O)C[C@H](OC(=O)N2)[C@@H](C)[C@@H]2O[C@@]12C. The third-order valence-electron chi connectivity index (χ3n) is 9.15. The minimum atomic E-state index is -1.76. The van der Waals surface area contributed by atoms with E-state index in [1.165, 1.54) is 14.2 Å². The number of amides is 1. The quantitative estimate of drug-likeness (QED) is 0.275. The van der Waals surface area contributed by atoms with Crippen LogP contribution in [0.5, 0.6) is 5.75 Å². The number of carbonyl (C=O) groups excluding carboxylic acids is 2. The summed E-state index contributed by atoms with van der Waals surface area (Å²) in [5, 5.41) is 28.9. The molecule has 2 saturated heterocycles. The lowest BCUT2D eigenvalue weighted by molar-refractivity contribution is -0.156. The number of likely N-dealkylation sites (N-methyl/N-ethyl adjacent to an activating group) is 1. The van der Waals surface area contributed by atoms with Gasteiger partial charge in [0.2, 0.25) is 0 Å². The van der Waals surface area contributed by atoms with Gasteiger partial charge in [0.1, 0.15) is 47.0 Å². The van der Waals surface area contributed by atoms with Crippen molar-refractivity contribution in [2.75, 3.05) is 33.2 Å². The minimum absolute atomic E-state index is 0.0120. The summed E-state index contributed by atoms with van der Waals surface area (Å²) < 4.78 is 29.0. The number of hydrogen-bond acceptors (Lipinski definition) is 11. The van der Waals surface area contributed by atoms with Gasteiger partial charge in [0.25, 0.3) is 0 Å². The number of aliphatic hydroxyl groups is 2. The van der Waals surface area contributed by atoms with Crippen molar-refractivity contribution in [1.82, 2.24) is 10.6 Å². The Hall–Kier alpha value is -2.87. The molecule has 3 aliphatic heterocycles. The largest absolute Gasteiger partial charge is 0.495 e. The van der Waals surface area contributed by atoms with E-state index in [-0.39, 0.29) is 12.8 Å². The molecule has 1 amide bonds. The molecule has 4 bridgehead atoms. The predicted octanol–water partition coefficient (Wildman–Crippen LogP) is 3.07. The second-order valence-electron chi connectivity index (χ2n) is 12.4. The van der Waals surface area contributed by atoms with Gasteiger partial charge in [0.05, 0.1) is 18.9 Å². The van der Waals surface area contributed by atoms with Crippen LogP contribution in [0, 0.1) is 5.92 Å². The van der Waals surface area contributed by atoms with Crippen LogP contribution in [0.3, 0.4) is 0 Å². The van der Waals surface area contributed by atoms with Gasteiger partial charge >= 0.3 is 12.1 Å². The van der Waals surface area contributed by atoms with Crippen molar-refractivity contribution in [3.8, 4) is 5.75 Å². The van der Waals surface area contributed by atoms with E-state index in [2.05, 4.69) is 10.6 Å². The van der Waals surface area contributed by atoms with Crippen LogP contribution >= 0.6 is 11.6 Å². The van der Waals surface area contributed by atoms with Crippen molar-refractivity contribution in [1.29, 1.82) is 0 Å². The third kappa shape index (κ3) is 7.42. The van der Waals surface area contributed by atoms with Gasteiger partial charge in [0.15, 0.2) is 5.72 Å². The number of anilines is 1. The van der Waals surface area contributed by atoms with Crippen molar-refractivity contribution >= 4 is 29.4 Å². The number of ether oxygens (including phenoxy) is 5. The summed E-state index contributed by atoms with van der Waals surface area (Å²) in [6.07, 6.45) is 0.845. The van der Waals surface area contributed by atoms with Crippen molar-refractivity contribution in [3.63, 3.8) is 0 Å². The molecule has 45 heavy (non-hydrogen) atoms. The van der Waals surface area contributed by atoms with E-state index in [0.717, 1.165) is 11.1 Å². The molecule has 4 rings (SSSR count). The summed E-state index contributed by atoms with van der Waals surface area (Å²) in [6.45, 7) is 7.27. The fourth-order valence-electron chi connectivity index (χ4n) is 6.10. The second kappa shape index (κ2) is 13.9. The summed E-state index contributed by atoms with van der Waals surface area (Å²) in [6, 6.07) is 3.11. The highest BCUT2D eigenvalue weighted by Gasteiger charge is 2.64. The maximum Gasteiger partial charge on any atom is 0.409 e. The highest BCUT2D eigenvalue weighted by molar-refractivity contribution is 6.34. The van der Waals surface area contributed by atoms with Gasteiger partial charge < -0.3 is 44.1 Å². The van der Waals surface area contributed by atoms with Gasteiger partial charge in [-0.3, -0.25) is 10.1 Å². The zero-order valence-corrected chi connectivity index (χ0v) is 27.9. The lowest BCUT2D eigenvalue weighted by Gasteiger charge is -2.42. The molecule has 0 aromatic heterocycles. The first-order valence-corrected chi connectivity index (χ1v) is 15.5. The Bertz CT molecular complexity index is 1320. The summed E-state index contributed by atoms with van der Waals surface area (Å²) in [5.74, 6) is -0.494. The number of methoxy groups -OCH3 is 2. The number of aliphatic hydroxyl groups excluding tert-OH is 1. The Morgan fingerprint density at radius 3 is 2.67 bits per heavy atom. The normalized spacial score (nSPS) is 36.4. The predicted molar refractivity (Wildman–Crippen MR) is 168 cm³/mol. The fraction of sp³-hybridized carbons (Fsp3) is 0.625. The minimum Gasteiger partial charge on any atom is -0.495 e. The molecule has 1 aromatic carbocycles. The number of benzene rings is 1. The highest BCUT2D eigenvalue weighted by Crippen LogP contribution is 2.49. The van der Waals surface area contributed by atoms with Crippen LogP contribution < -0.4 is 20.3 Å². The molecule has 0 saturated carbocycles. The maximum absolute atomic E-state index is 13.0. The average molecular weight is 652 g/mol. The van der Waals surface area contributed by atoms with Gasteiger partial charge in [-0.05, 0) is 51.9 Å². The van der Waals surface area contributed by atoms with E-state index < -0.39 is 66.0 Å². The molecule has 12 nitrogen and oxygen atoms in total. The van der Waals surface area contributed by atoms with Crippen LogP contribution in [0.25, 0.3) is 0 Å². The van der Waals surface area contributed by atoms with Gasteiger partial charge in [-0.25, -0.2) is 4.79 Å². The Balaban J connectivity index is 1.79. The van der Waals surface area contributed by atoms with Crippen molar-refractivity contribution in [2.45, 2.75) is 95.0 Å². The zero-order valence-electron chi connectivity index (χ0n) is 27.1. The number of nitrogens with zero attached hydrogens (tertiary/aromatic N) is 1. The van der Waals surface area contributed by atoms with Crippen LogP contribution in [-0.4, -0.2) is 98.6 Å². The van der Waals surface area contributed by atoms with Crippen LogP contribution in [-0.2, 0) is 30.2 Å². The molecule has 3 aliphatic rings. The zero-order chi connectivity index (χ0) is 33.3. The van der Waals surface area contributed by atoms with Gasteiger partial charge in [-0.1, -0.05) is 42.3 Å². The van der Waals surface area contributed by atoms with E-state index in [1.807, 2.05) is 32.1 Å². The van der Waals surface area contributed by atoms with E-state index in [9.17, 15) is 19.8 Å². The fourth-order valence-corrected chi connectivity index (χ4v) is 6.42. The standard InChI is InChI=1S/C32H46ClN3O9/c1-17-10-9-11-24(42-8)32(40)16-23(43-30(39)35-32)18(2)28-31(4,45-28)25(44-29(38)19(3)34-5)15-26(37)36(6)21-13-20(12-17)14-22(41-7)27(21)33/h9-11,13-14,18-19,23-26,28,34,37,40H,12,15-16H2,1-8H3,(H,35,39)/b11-9+,17-10+/t18-,19+,23+,24-,25+,26?,28+,31+,32+/m1/s1. The van der Waals surface area contributed by atoms with Gasteiger partial charge in [-0.15, -0.1) is 0 Å². The summed E-state index contributed by atoms with van der Waals surface area (Å²) >= 11 is 6.73. The molecule has 1 aromatic rings. The monoisotopic (exact) mass is 651 g/mol. The molecule has 250 valence electrons. The lowest BCUT2D eigenvalue weighted by Crippen LogP contribution is -2.63. The number of carbonyl (C=O) groups is 2. The number of halogens is 1. The highest BCUT2D eigenvalue weighted by atomic mass is 35.5. The molecular formula is C32H46ClN3O9. The number of allylic oxidation sites excluding steroid dienone is 3. The molecular weight excluding hydrogens is 606 g/mol. The van der Waals surface area contributed by atoms with Gasteiger partial charge in [-0.2, -0.15) is 0 Å². The van der Waals surface area contributed by atoms with Crippen molar-refractivity contribution in [3.05, 3.63) is 46.5 Å². The summed E-state index contributed by atoms with van der Waals surface area (Å²) in [7, 11) is 6.33. The van der Waals surface area contributed by atoms with E-state index in [4.69, 9.17) is 35.3 Å². The number of hydrogen-bond donors (Lipinski definition) is 4. The van der Waals surface area contributed by atoms with Crippen molar-refractivity contribution < 1.29 is 43.5 Å². The van der Waals surface area contributed by atoms with Crippen LogP contribution in [0.2, 0.25) is 5.02 Å². The second-order valence-corrected chi connectivity index (χ2v) is 12.8. The molecule has 2 fully saturated rings. The Labute approximate surface area is 269 Å². The van der Waals surface area contributed by atoms with E-state index >= 15 is 0 Å².